The zero-order valence-corrected chi connectivity index (χ0v) is 8.36. The average molecular weight is 290 g/mol. The Labute approximate surface area is 79.0 Å². The van der Waals surface area contributed by atoms with Crippen LogP contribution in [0.25, 0.3) is 0 Å². The highest BCUT2D eigenvalue weighted by Crippen LogP contribution is 2.36. The van der Waals surface area contributed by atoms with Crippen LogP contribution < -0.4 is 0 Å². The number of aliphatic hydroxyl groups is 1. The Morgan fingerprint density at radius 2 is 2.18 bits per heavy atom. The normalized spacial score (nSPS) is 38.1. The molecule has 0 aliphatic heterocycles. The van der Waals surface area contributed by atoms with Gasteiger partial charge in [0.15, 0.2) is 16.5 Å². The summed E-state index contributed by atoms with van der Waals surface area (Å²) in [6.45, 7) is 0. The van der Waals surface area contributed by atoms with Gasteiger partial charge in [0.2, 0.25) is 0 Å². The Hall–Kier alpha value is 0.260. The van der Waals surface area contributed by atoms with E-state index in [1.165, 1.54) is 6.08 Å². The number of allylic oxidation sites excluding steroid dienone is 2. The van der Waals surface area contributed by atoms with E-state index in [1.807, 2.05) is 0 Å². The topological polar surface area (TPSA) is 20.2 Å². The highest BCUT2D eigenvalue weighted by Gasteiger charge is 2.38. The Morgan fingerprint density at radius 3 is 2.64 bits per heavy atom. The van der Waals surface area contributed by atoms with Gasteiger partial charge in [-0.2, -0.15) is 0 Å². The molecule has 0 fully saturated rings. The number of alkyl halides is 2. The van der Waals surface area contributed by atoms with E-state index in [4.69, 9.17) is 5.11 Å². The van der Waals surface area contributed by atoms with Crippen LogP contribution in [-0.2, 0) is 0 Å². The van der Waals surface area contributed by atoms with Crippen LogP contribution in [0.4, 0.5) is 8.78 Å². The Balaban J connectivity index is 3.01. The van der Waals surface area contributed by atoms with E-state index in [9.17, 15) is 8.78 Å². The van der Waals surface area contributed by atoms with Crippen LogP contribution >= 0.6 is 31.9 Å². The minimum Gasteiger partial charge on any atom is -0.372 e. The van der Waals surface area contributed by atoms with Crippen molar-refractivity contribution in [1.29, 1.82) is 0 Å². The van der Waals surface area contributed by atoms with Crippen LogP contribution in [0.15, 0.2) is 22.5 Å². The Bertz CT molecular complexity index is 235. The molecule has 5 heteroatoms. The lowest BCUT2D eigenvalue weighted by Crippen LogP contribution is -2.33. The summed E-state index contributed by atoms with van der Waals surface area (Å²) in [4.78, 5) is 0. The fraction of sp³-hybridized carbons (Fsp3) is 0.333. The average Bonchev–Trinajstić information content (AvgIpc) is 1.95. The SMILES string of the molecule is OC1(Br)C=CC(Br)=C(F)C1F. The van der Waals surface area contributed by atoms with E-state index in [0.717, 1.165) is 6.08 Å². The molecule has 2 unspecified atom stereocenters. The molecule has 0 saturated carbocycles. The summed E-state index contributed by atoms with van der Waals surface area (Å²) in [5.41, 5.74) is 0. The molecule has 1 aliphatic rings. The molecule has 2 atom stereocenters. The number of halogens is 4. The van der Waals surface area contributed by atoms with Gasteiger partial charge in [-0.3, -0.25) is 0 Å². The molecule has 1 nitrogen and oxygen atoms in total. The minimum atomic E-state index is -2.05. The molecule has 1 rings (SSSR count). The van der Waals surface area contributed by atoms with Crippen molar-refractivity contribution < 1.29 is 13.9 Å². The van der Waals surface area contributed by atoms with Crippen LogP contribution in [0.5, 0.6) is 0 Å². The quantitative estimate of drug-likeness (QED) is 0.680. The summed E-state index contributed by atoms with van der Waals surface area (Å²) < 4.78 is 23.6. The van der Waals surface area contributed by atoms with Gasteiger partial charge in [-0.15, -0.1) is 0 Å². The van der Waals surface area contributed by atoms with E-state index in [1.54, 1.807) is 0 Å². The molecule has 0 saturated heterocycles. The minimum absolute atomic E-state index is 0.0223. The molecule has 0 heterocycles. The smallest absolute Gasteiger partial charge is 0.195 e. The summed E-state index contributed by atoms with van der Waals surface area (Å²) in [6.07, 6.45) is 0.326. The second kappa shape index (κ2) is 2.95. The molecular weight excluding hydrogens is 286 g/mol. The fourth-order valence-electron chi connectivity index (χ4n) is 0.653. The molecule has 0 aromatic rings. The zero-order valence-electron chi connectivity index (χ0n) is 5.19. The standard InChI is InChI=1S/C6H4Br2F2O/c7-3-1-2-6(8,11)5(10)4(3)9/h1-2,5,11H. The highest BCUT2D eigenvalue weighted by molar-refractivity contribution is 9.12. The summed E-state index contributed by atoms with van der Waals surface area (Å²) in [5.74, 6) is -1.01. The van der Waals surface area contributed by atoms with Crippen LogP contribution in [0.2, 0.25) is 0 Å². The van der Waals surface area contributed by atoms with Crippen molar-refractivity contribution in [2.75, 3.05) is 0 Å². The number of hydrogen-bond donors (Lipinski definition) is 1. The van der Waals surface area contributed by atoms with Gasteiger partial charge in [0, 0.05) is 0 Å². The molecule has 0 amide bonds. The first-order chi connectivity index (χ1) is 4.95. The second-order valence-electron chi connectivity index (χ2n) is 2.12. The van der Waals surface area contributed by atoms with Crippen molar-refractivity contribution in [1.82, 2.24) is 0 Å². The molecule has 1 aliphatic carbocycles. The molecule has 11 heavy (non-hydrogen) atoms. The first kappa shape index (κ1) is 9.35. The molecule has 0 bridgehead atoms. The molecular formula is C6H4Br2F2O. The van der Waals surface area contributed by atoms with Crippen molar-refractivity contribution in [3.05, 3.63) is 22.5 Å². The fourth-order valence-corrected chi connectivity index (χ4v) is 1.32. The van der Waals surface area contributed by atoms with Crippen molar-refractivity contribution in [3.8, 4) is 0 Å². The third-order valence-corrected chi connectivity index (χ3v) is 2.58. The maximum absolute atomic E-state index is 12.8. The van der Waals surface area contributed by atoms with Crippen LogP contribution in [-0.4, -0.2) is 15.8 Å². The van der Waals surface area contributed by atoms with Crippen molar-refractivity contribution in [3.63, 3.8) is 0 Å². The van der Waals surface area contributed by atoms with E-state index >= 15 is 0 Å². The summed E-state index contributed by atoms with van der Waals surface area (Å²) in [7, 11) is 0. The summed E-state index contributed by atoms with van der Waals surface area (Å²) in [5, 5.41) is 9.09. The lowest BCUT2D eigenvalue weighted by Gasteiger charge is -2.23. The predicted octanol–water partition coefficient (Wildman–Crippen LogP) is 2.55. The molecule has 0 aromatic heterocycles. The number of hydrogen-bond acceptors (Lipinski definition) is 1. The van der Waals surface area contributed by atoms with E-state index in [-0.39, 0.29) is 4.48 Å². The van der Waals surface area contributed by atoms with Gasteiger partial charge in [-0.1, -0.05) is 0 Å². The molecule has 0 aromatic carbocycles. The summed E-state index contributed by atoms with van der Waals surface area (Å²) in [6, 6.07) is 0. The lowest BCUT2D eigenvalue weighted by molar-refractivity contribution is 0.0967. The van der Waals surface area contributed by atoms with E-state index in [0.29, 0.717) is 0 Å². The molecule has 0 spiro atoms. The Kier molecular flexibility index (Phi) is 2.51. The van der Waals surface area contributed by atoms with Gasteiger partial charge in [-0.25, -0.2) is 8.78 Å². The van der Waals surface area contributed by atoms with E-state index in [2.05, 4.69) is 31.9 Å². The van der Waals surface area contributed by atoms with Crippen LogP contribution in [0.3, 0.4) is 0 Å². The molecule has 1 N–H and O–H groups in total. The zero-order chi connectivity index (χ0) is 8.65. The second-order valence-corrected chi connectivity index (χ2v) is 4.24. The van der Waals surface area contributed by atoms with Crippen molar-refractivity contribution >= 4 is 31.9 Å². The van der Waals surface area contributed by atoms with Gasteiger partial charge >= 0.3 is 0 Å². The van der Waals surface area contributed by atoms with Crippen LogP contribution in [0.1, 0.15) is 0 Å². The van der Waals surface area contributed by atoms with E-state index < -0.39 is 16.5 Å². The first-order valence-electron chi connectivity index (χ1n) is 2.75. The third-order valence-electron chi connectivity index (χ3n) is 1.27. The maximum atomic E-state index is 12.8. The molecule has 0 radical (unpaired) electrons. The van der Waals surface area contributed by atoms with Gasteiger partial charge in [0.1, 0.15) is 0 Å². The highest BCUT2D eigenvalue weighted by atomic mass is 79.9. The van der Waals surface area contributed by atoms with Crippen LogP contribution in [0, 0.1) is 0 Å². The Morgan fingerprint density at radius 1 is 1.64 bits per heavy atom. The molecule has 62 valence electrons. The number of rotatable bonds is 0. The maximum Gasteiger partial charge on any atom is 0.195 e. The predicted molar refractivity (Wildman–Crippen MR) is 45.0 cm³/mol. The van der Waals surface area contributed by atoms with Crippen molar-refractivity contribution in [2.45, 2.75) is 10.7 Å². The third kappa shape index (κ3) is 1.71. The van der Waals surface area contributed by atoms with Gasteiger partial charge in [-0.05, 0) is 44.0 Å². The van der Waals surface area contributed by atoms with Gasteiger partial charge in [0.25, 0.3) is 0 Å². The summed E-state index contributed by atoms with van der Waals surface area (Å²) >= 11 is 5.42. The monoisotopic (exact) mass is 288 g/mol. The van der Waals surface area contributed by atoms with Gasteiger partial charge < -0.3 is 5.11 Å². The van der Waals surface area contributed by atoms with Gasteiger partial charge in [0.05, 0.1) is 4.48 Å². The lowest BCUT2D eigenvalue weighted by atomic mass is 10.1. The van der Waals surface area contributed by atoms with Crippen molar-refractivity contribution in [2.24, 2.45) is 0 Å². The largest absolute Gasteiger partial charge is 0.372 e. The first-order valence-corrected chi connectivity index (χ1v) is 4.33.